The zero-order chi connectivity index (χ0) is 24.3. The first kappa shape index (κ1) is 25.2. The van der Waals surface area contributed by atoms with Crippen LogP contribution in [0.3, 0.4) is 0 Å². The second-order valence-electron chi connectivity index (χ2n) is 8.55. The summed E-state index contributed by atoms with van der Waals surface area (Å²) in [5, 5.41) is 0. The molecule has 0 aliphatic heterocycles. The molecule has 0 spiro atoms. The number of aromatic nitrogens is 1. The normalized spacial score (nSPS) is 10.8. The maximum atomic E-state index is 13.5. The van der Waals surface area contributed by atoms with E-state index in [9.17, 15) is 14.0 Å². The van der Waals surface area contributed by atoms with Crippen LogP contribution in [0.5, 0.6) is 0 Å². The predicted octanol–water partition coefficient (Wildman–Crippen LogP) is 5.24. The number of amides is 2. The Morgan fingerprint density at radius 2 is 1.53 bits per heavy atom. The molecular formula is C28H34FN3O2. The number of hydrogen-bond donors (Lipinski definition) is 0. The van der Waals surface area contributed by atoms with Gasteiger partial charge in [0.2, 0.25) is 11.8 Å². The fourth-order valence-corrected chi connectivity index (χ4v) is 3.96. The molecule has 0 N–H and O–H groups in total. The van der Waals surface area contributed by atoms with Crippen LogP contribution in [0.4, 0.5) is 4.39 Å². The second kappa shape index (κ2) is 12.7. The van der Waals surface area contributed by atoms with Gasteiger partial charge in [0.25, 0.3) is 0 Å². The summed E-state index contributed by atoms with van der Waals surface area (Å²) in [6.45, 7) is 6.12. The molecule has 0 aliphatic carbocycles. The molecular weight excluding hydrogens is 429 g/mol. The van der Waals surface area contributed by atoms with Gasteiger partial charge in [-0.05, 0) is 48.2 Å². The maximum absolute atomic E-state index is 13.5. The SMILES string of the molecule is CCCC(=O)N(CCC)CC(=O)N(Cc1ccccc1)Cc1cccn1Cc1ccc(F)cc1. The van der Waals surface area contributed by atoms with Crippen molar-refractivity contribution in [3.8, 4) is 0 Å². The first-order chi connectivity index (χ1) is 16.5. The van der Waals surface area contributed by atoms with Gasteiger partial charge in [0.05, 0.1) is 13.1 Å². The van der Waals surface area contributed by atoms with Gasteiger partial charge in [-0.3, -0.25) is 9.59 Å². The summed E-state index contributed by atoms with van der Waals surface area (Å²) >= 11 is 0. The first-order valence-corrected chi connectivity index (χ1v) is 12.0. The van der Waals surface area contributed by atoms with Gasteiger partial charge in [-0.15, -0.1) is 0 Å². The van der Waals surface area contributed by atoms with Crippen molar-refractivity contribution in [3.05, 3.63) is 95.6 Å². The molecule has 0 saturated heterocycles. The van der Waals surface area contributed by atoms with Crippen LogP contribution in [0.1, 0.15) is 49.9 Å². The van der Waals surface area contributed by atoms with Gasteiger partial charge in [-0.25, -0.2) is 4.39 Å². The summed E-state index contributed by atoms with van der Waals surface area (Å²) in [7, 11) is 0. The minimum absolute atomic E-state index is 0.0250. The van der Waals surface area contributed by atoms with Gasteiger partial charge in [0, 0.05) is 37.9 Å². The number of carbonyl (C=O) groups excluding carboxylic acids is 2. The van der Waals surface area contributed by atoms with Gasteiger partial charge in [-0.2, -0.15) is 0 Å². The molecule has 6 heteroatoms. The molecule has 0 unspecified atom stereocenters. The lowest BCUT2D eigenvalue weighted by Gasteiger charge is -2.28. The van der Waals surface area contributed by atoms with Gasteiger partial charge in [0.15, 0.2) is 0 Å². The fraction of sp³-hybridized carbons (Fsp3) is 0.357. The van der Waals surface area contributed by atoms with Crippen LogP contribution >= 0.6 is 0 Å². The summed E-state index contributed by atoms with van der Waals surface area (Å²) in [4.78, 5) is 29.5. The Balaban J connectivity index is 1.79. The third kappa shape index (κ3) is 7.30. The molecule has 1 aromatic heterocycles. The summed E-state index contributed by atoms with van der Waals surface area (Å²) in [5.74, 6) is -0.307. The van der Waals surface area contributed by atoms with Gasteiger partial charge in [0.1, 0.15) is 5.82 Å². The monoisotopic (exact) mass is 463 g/mol. The third-order valence-corrected chi connectivity index (χ3v) is 5.75. The van der Waals surface area contributed by atoms with E-state index in [4.69, 9.17) is 0 Å². The zero-order valence-electron chi connectivity index (χ0n) is 20.1. The van der Waals surface area contributed by atoms with Gasteiger partial charge >= 0.3 is 0 Å². The third-order valence-electron chi connectivity index (χ3n) is 5.75. The molecule has 0 bridgehead atoms. The zero-order valence-corrected chi connectivity index (χ0v) is 20.1. The fourth-order valence-electron chi connectivity index (χ4n) is 3.96. The van der Waals surface area contributed by atoms with Crippen molar-refractivity contribution in [2.24, 2.45) is 0 Å². The molecule has 0 fully saturated rings. The Labute approximate surface area is 201 Å². The van der Waals surface area contributed by atoms with E-state index in [1.807, 2.05) is 67.4 Å². The lowest BCUT2D eigenvalue weighted by molar-refractivity contribution is -0.141. The van der Waals surface area contributed by atoms with Crippen molar-refractivity contribution >= 4 is 11.8 Å². The van der Waals surface area contributed by atoms with Crippen molar-refractivity contribution in [1.29, 1.82) is 0 Å². The summed E-state index contributed by atoms with van der Waals surface area (Å²) in [5.41, 5.74) is 3.00. The molecule has 3 aromatic rings. The lowest BCUT2D eigenvalue weighted by atomic mass is 10.2. The number of hydrogen-bond acceptors (Lipinski definition) is 2. The minimum atomic E-state index is -0.259. The molecule has 0 radical (unpaired) electrons. The minimum Gasteiger partial charge on any atom is -0.345 e. The summed E-state index contributed by atoms with van der Waals surface area (Å²) in [6, 6.07) is 20.3. The molecule has 2 amide bonds. The lowest BCUT2D eigenvalue weighted by Crippen LogP contribution is -2.43. The van der Waals surface area contributed by atoms with Crippen molar-refractivity contribution in [3.63, 3.8) is 0 Å². The molecule has 34 heavy (non-hydrogen) atoms. The highest BCUT2D eigenvalue weighted by atomic mass is 19.1. The number of rotatable bonds is 12. The Hall–Kier alpha value is -3.41. The van der Waals surface area contributed by atoms with Crippen LogP contribution in [0.25, 0.3) is 0 Å². The Morgan fingerprint density at radius 3 is 2.21 bits per heavy atom. The molecule has 5 nitrogen and oxygen atoms in total. The number of halogens is 1. The van der Waals surface area contributed by atoms with Crippen LogP contribution in [0.15, 0.2) is 72.9 Å². The highest BCUT2D eigenvalue weighted by molar-refractivity contribution is 5.84. The van der Waals surface area contributed by atoms with Crippen molar-refractivity contribution in [2.45, 2.75) is 52.7 Å². The average molecular weight is 464 g/mol. The summed E-state index contributed by atoms with van der Waals surface area (Å²) in [6.07, 6.45) is 3.99. The molecule has 180 valence electrons. The topological polar surface area (TPSA) is 45.6 Å². The largest absolute Gasteiger partial charge is 0.345 e. The van der Waals surface area contributed by atoms with E-state index in [-0.39, 0.29) is 24.2 Å². The molecule has 0 saturated carbocycles. The quantitative estimate of drug-likeness (QED) is 0.369. The van der Waals surface area contributed by atoms with Gasteiger partial charge < -0.3 is 14.4 Å². The Kier molecular flexibility index (Phi) is 9.44. The number of carbonyl (C=O) groups is 2. The summed E-state index contributed by atoms with van der Waals surface area (Å²) < 4.78 is 15.4. The van der Waals surface area contributed by atoms with Crippen molar-refractivity contribution in [2.75, 3.05) is 13.1 Å². The van der Waals surface area contributed by atoms with E-state index in [0.29, 0.717) is 32.6 Å². The van der Waals surface area contributed by atoms with Crippen LogP contribution in [-0.2, 0) is 29.2 Å². The molecule has 1 heterocycles. The van der Waals surface area contributed by atoms with Crippen molar-refractivity contribution in [1.82, 2.24) is 14.4 Å². The first-order valence-electron chi connectivity index (χ1n) is 12.0. The van der Waals surface area contributed by atoms with E-state index >= 15 is 0 Å². The standard InChI is InChI=1S/C28H34FN3O2/c1-3-9-27(33)31(17-4-2)22-28(34)32(20-23-10-6-5-7-11-23)21-26-12-8-18-30(26)19-24-13-15-25(29)16-14-24/h5-8,10-16,18H,3-4,9,17,19-22H2,1-2H3. The highest BCUT2D eigenvalue weighted by Gasteiger charge is 2.22. The van der Waals surface area contributed by atoms with E-state index < -0.39 is 0 Å². The van der Waals surface area contributed by atoms with Gasteiger partial charge in [-0.1, -0.05) is 56.3 Å². The number of nitrogens with zero attached hydrogens (tertiary/aromatic N) is 3. The number of benzene rings is 2. The molecule has 0 aliphatic rings. The van der Waals surface area contributed by atoms with Crippen LogP contribution in [0.2, 0.25) is 0 Å². The van der Waals surface area contributed by atoms with E-state index in [0.717, 1.165) is 29.7 Å². The average Bonchev–Trinajstić information content (AvgIpc) is 3.27. The Bertz CT molecular complexity index is 1050. The van der Waals surface area contributed by atoms with Crippen LogP contribution < -0.4 is 0 Å². The second-order valence-corrected chi connectivity index (χ2v) is 8.55. The maximum Gasteiger partial charge on any atom is 0.242 e. The van der Waals surface area contributed by atoms with Crippen molar-refractivity contribution < 1.29 is 14.0 Å². The van der Waals surface area contributed by atoms with Crippen LogP contribution in [0, 0.1) is 5.82 Å². The highest BCUT2D eigenvalue weighted by Crippen LogP contribution is 2.15. The molecule has 3 rings (SSSR count). The van der Waals surface area contributed by atoms with E-state index in [1.165, 1.54) is 12.1 Å². The van der Waals surface area contributed by atoms with E-state index in [1.54, 1.807) is 17.0 Å². The Morgan fingerprint density at radius 1 is 0.794 bits per heavy atom. The molecule has 0 atom stereocenters. The van der Waals surface area contributed by atoms with Crippen LogP contribution in [-0.4, -0.2) is 39.3 Å². The smallest absolute Gasteiger partial charge is 0.242 e. The van der Waals surface area contributed by atoms with E-state index in [2.05, 4.69) is 4.57 Å². The predicted molar refractivity (Wildman–Crippen MR) is 132 cm³/mol. The molecule has 2 aromatic carbocycles.